The molecule has 2 aromatic rings. The maximum absolute atomic E-state index is 12.2. The second-order valence-electron chi connectivity index (χ2n) is 4.45. The van der Waals surface area contributed by atoms with Gasteiger partial charge in [-0.05, 0) is 6.42 Å². The Morgan fingerprint density at radius 2 is 2.11 bits per heavy atom. The number of hydrogen-bond acceptors (Lipinski definition) is 2. The first-order valence-corrected chi connectivity index (χ1v) is 6.37. The lowest BCUT2D eigenvalue weighted by atomic mass is 10.0. The Morgan fingerprint density at radius 3 is 2.72 bits per heavy atom. The zero-order valence-electron chi connectivity index (χ0n) is 10.6. The van der Waals surface area contributed by atoms with Crippen LogP contribution in [0.1, 0.15) is 42.6 Å². The first-order chi connectivity index (χ1) is 8.81. The molecule has 3 nitrogen and oxygen atoms in total. The number of ketones is 1. The third-order valence-corrected chi connectivity index (χ3v) is 3.09. The average Bonchev–Trinajstić information content (AvgIpc) is 2.93. The topological polar surface area (TPSA) is 34.9 Å². The van der Waals surface area contributed by atoms with Crippen molar-refractivity contribution in [2.45, 2.75) is 32.2 Å². The number of carbonyl (C=O) groups is 1. The Balaban J connectivity index is 2.08. The molecular weight excluding hydrogens is 224 g/mol. The summed E-state index contributed by atoms with van der Waals surface area (Å²) in [7, 11) is 0. The van der Waals surface area contributed by atoms with E-state index in [1.807, 2.05) is 41.1 Å². The molecule has 0 N–H and O–H groups in total. The average molecular weight is 242 g/mol. The van der Waals surface area contributed by atoms with Gasteiger partial charge in [-0.1, -0.05) is 43.7 Å². The number of carbonyl (C=O) groups excluding carboxylic acids is 1. The van der Waals surface area contributed by atoms with Crippen LogP contribution >= 0.6 is 0 Å². The van der Waals surface area contributed by atoms with Gasteiger partial charge in [-0.2, -0.15) is 0 Å². The highest BCUT2D eigenvalue weighted by Gasteiger charge is 2.15. The van der Waals surface area contributed by atoms with Crippen LogP contribution in [0.15, 0.2) is 49.1 Å². The van der Waals surface area contributed by atoms with Crippen LogP contribution in [-0.4, -0.2) is 15.3 Å². The molecular formula is C15H18N2O. The summed E-state index contributed by atoms with van der Waals surface area (Å²) >= 11 is 0. The maximum Gasteiger partial charge on any atom is 0.164 e. The van der Waals surface area contributed by atoms with Crippen LogP contribution in [-0.2, 0) is 0 Å². The summed E-state index contributed by atoms with van der Waals surface area (Å²) in [6.45, 7) is 2.14. The van der Waals surface area contributed by atoms with Crippen molar-refractivity contribution in [3.63, 3.8) is 0 Å². The molecule has 0 aliphatic heterocycles. The van der Waals surface area contributed by atoms with Crippen LogP contribution in [0.25, 0.3) is 0 Å². The molecule has 0 saturated heterocycles. The van der Waals surface area contributed by atoms with Crippen LogP contribution in [0.5, 0.6) is 0 Å². The summed E-state index contributed by atoms with van der Waals surface area (Å²) in [5.41, 5.74) is 0.790. The third-order valence-electron chi connectivity index (χ3n) is 3.09. The van der Waals surface area contributed by atoms with Crippen molar-refractivity contribution >= 4 is 5.78 Å². The lowest BCUT2D eigenvalue weighted by Gasteiger charge is -2.16. The van der Waals surface area contributed by atoms with E-state index < -0.39 is 0 Å². The van der Waals surface area contributed by atoms with Crippen LogP contribution in [0, 0.1) is 0 Å². The van der Waals surface area contributed by atoms with Crippen LogP contribution < -0.4 is 0 Å². The molecule has 0 saturated carbocycles. The fourth-order valence-electron chi connectivity index (χ4n) is 2.13. The molecule has 0 fully saturated rings. The van der Waals surface area contributed by atoms with E-state index in [1.165, 1.54) is 0 Å². The molecule has 94 valence electrons. The van der Waals surface area contributed by atoms with E-state index in [0.29, 0.717) is 6.42 Å². The minimum absolute atomic E-state index is 0.197. The molecule has 0 spiro atoms. The number of imidazole rings is 1. The Kier molecular flexibility index (Phi) is 4.29. The van der Waals surface area contributed by atoms with Crippen molar-refractivity contribution in [2.75, 3.05) is 0 Å². The van der Waals surface area contributed by atoms with Gasteiger partial charge in [-0.15, -0.1) is 0 Å². The van der Waals surface area contributed by atoms with Crippen molar-refractivity contribution in [1.82, 2.24) is 9.55 Å². The minimum atomic E-state index is 0.197. The summed E-state index contributed by atoms with van der Waals surface area (Å²) in [5, 5.41) is 0. The second-order valence-corrected chi connectivity index (χ2v) is 4.45. The van der Waals surface area contributed by atoms with E-state index in [-0.39, 0.29) is 11.8 Å². The molecule has 18 heavy (non-hydrogen) atoms. The van der Waals surface area contributed by atoms with Gasteiger partial charge in [0.2, 0.25) is 0 Å². The molecule has 0 radical (unpaired) electrons. The molecule has 2 rings (SSSR count). The van der Waals surface area contributed by atoms with E-state index in [4.69, 9.17) is 0 Å². The number of rotatable bonds is 6. The molecule has 0 aliphatic rings. The summed E-state index contributed by atoms with van der Waals surface area (Å²) in [6.07, 6.45) is 8.07. The standard InChI is InChI=1S/C15H18N2O/c1-2-6-14(17-10-9-16-12-17)11-15(18)13-7-4-3-5-8-13/h3-5,7-10,12,14H,2,6,11H2,1H3. The van der Waals surface area contributed by atoms with Gasteiger partial charge < -0.3 is 4.57 Å². The van der Waals surface area contributed by atoms with Gasteiger partial charge in [0.15, 0.2) is 5.78 Å². The summed E-state index contributed by atoms with van der Waals surface area (Å²) < 4.78 is 2.03. The molecule has 0 bridgehead atoms. The third kappa shape index (κ3) is 3.06. The summed E-state index contributed by atoms with van der Waals surface area (Å²) in [4.78, 5) is 16.2. The molecule has 0 amide bonds. The highest BCUT2D eigenvalue weighted by Crippen LogP contribution is 2.20. The van der Waals surface area contributed by atoms with Gasteiger partial charge in [0.1, 0.15) is 0 Å². The Hall–Kier alpha value is -1.90. The zero-order chi connectivity index (χ0) is 12.8. The number of aromatic nitrogens is 2. The maximum atomic E-state index is 12.2. The minimum Gasteiger partial charge on any atom is -0.334 e. The van der Waals surface area contributed by atoms with Gasteiger partial charge >= 0.3 is 0 Å². The number of nitrogens with zero attached hydrogens (tertiary/aromatic N) is 2. The quantitative estimate of drug-likeness (QED) is 0.727. The number of Topliss-reactive ketones (excluding diaryl/α,β-unsaturated/α-hetero) is 1. The first kappa shape index (κ1) is 12.6. The van der Waals surface area contributed by atoms with E-state index in [0.717, 1.165) is 18.4 Å². The highest BCUT2D eigenvalue weighted by atomic mass is 16.1. The number of benzene rings is 1. The van der Waals surface area contributed by atoms with Crippen molar-refractivity contribution in [1.29, 1.82) is 0 Å². The number of hydrogen-bond donors (Lipinski definition) is 0. The van der Waals surface area contributed by atoms with Gasteiger partial charge in [0.25, 0.3) is 0 Å². The van der Waals surface area contributed by atoms with Gasteiger partial charge in [-0.25, -0.2) is 4.98 Å². The van der Waals surface area contributed by atoms with Crippen molar-refractivity contribution < 1.29 is 4.79 Å². The predicted molar refractivity (Wildman–Crippen MR) is 71.6 cm³/mol. The fraction of sp³-hybridized carbons (Fsp3) is 0.333. The van der Waals surface area contributed by atoms with Crippen LogP contribution in [0.2, 0.25) is 0 Å². The first-order valence-electron chi connectivity index (χ1n) is 6.37. The fourth-order valence-corrected chi connectivity index (χ4v) is 2.13. The normalized spacial score (nSPS) is 12.3. The van der Waals surface area contributed by atoms with E-state index >= 15 is 0 Å². The van der Waals surface area contributed by atoms with Gasteiger partial charge in [-0.3, -0.25) is 4.79 Å². The Bertz CT molecular complexity index is 476. The Labute approximate surface area is 107 Å². The monoisotopic (exact) mass is 242 g/mol. The van der Waals surface area contributed by atoms with Crippen LogP contribution in [0.4, 0.5) is 0 Å². The largest absolute Gasteiger partial charge is 0.334 e. The molecule has 1 aromatic carbocycles. The van der Waals surface area contributed by atoms with Gasteiger partial charge in [0, 0.05) is 30.4 Å². The highest BCUT2D eigenvalue weighted by molar-refractivity contribution is 5.96. The zero-order valence-corrected chi connectivity index (χ0v) is 10.6. The lowest BCUT2D eigenvalue weighted by Crippen LogP contribution is -2.13. The van der Waals surface area contributed by atoms with E-state index in [2.05, 4.69) is 11.9 Å². The Morgan fingerprint density at radius 1 is 1.33 bits per heavy atom. The predicted octanol–water partition coefficient (Wildman–Crippen LogP) is 3.50. The molecule has 0 aliphatic carbocycles. The van der Waals surface area contributed by atoms with Crippen molar-refractivity contribution in [3.8, 4) is 0 Å². The lowest BCUT2D eigenvalue weighted by molar-refractivity contribution is 0.0960. The molecule has 3 heteroatoms. The van der Waals surface area contributed by atoms with E-state index in [9.17, 15) is 4.79 Å². The summed E-state index contributed by atoms with van der Waals surface area (Å²) in [6, 6.07) is 9.69. The second kappa shape index (κ2) is 6.15. The molecule has 1 unspecified atom stereocenters. The smallest absolute Gasteiger partial charge is 0.164 e. The molecule has 1 atom stereocenters. The molecule has 1 heterocycles. The summed E-state index contributed by atoms with van der Waals surface area (Å²) in [5.74, 6) is 0.197. The van der Waals surface area contributed by atoms with Crippen LogP contribution in [0.3, 0.4) is 0 Å². The van der Waals surface area contributed by atoms with E-state index in [1.54, 1.807) is 12.5 Å². The molecule has 1 aromatic heterocycles. The van der Waals surface area contributed by atoms with Gasteiger partial charge in [0.05, 0.1) is 6.33 Å². The van der Waals surface area contributed by atoms with Crippen molar-refractivity contribution in [3.05, 3.63) is 54.6 Å². The SMILES string of the molecule is CCCC(CC(=O)c1ccccc1)n1ccnc1. The van der Waals surface area contributed by atoms with Crippen molar-refractivity contribution in [2.24, 2.45) is 0 Å².